The number of nitrogens with two attached hydrogens (primary N) is 1. The number of hydrogen-bond acceptors (Lipinski definition) is 2. The molecule has 0 aliphatic carbocycles. The minimum absolute atomic E-state index is 0.0565. The van der Waals surface area contributed by atoms with Gasteiger partial charge in [0.2, 0.25) is 0 Å². The zero-order chi connectivity index (χ0) is 15.4. The van der Waals surface area contributed by atoms with E-state index in [0.29, 0.717) is 5.69 Å². The van der Waals surface area contributed by atoms with E-state index in [9.17, 15) is 4.79 Å². The Morgan fingerprint density at radius 2 is 1.86 bits per heavy atom. The molecule has 0 spiro atoms. The second kappa shape index (κ2) is 6.31. The molecule has 0 aliphatic rings. The minimum Gasteiger partial charge on any atom is -0.399 e. The van der Waals surface area contributed by atoms with Crippen molar-refractivity contribution in [2.75, 3.05) is 18.1 Å². The summed E-state index contributed by atoms with van der Waals surface area (Å²) in [6.45, 7) is 3.99. The summed E-state index contributed by atoms with van der Waals surface area (Å²) < 4.78 is 0. The van der Waals surface area contributed by atoms with E-state index in [2.05, 4.69) is 5.32 Å². The van der Waals surface area contributed by atoms with Crippen LogP contribution in [0.5, 0.6) is 0 Å². The van der Waals surface area contributed by atoms with Crippen LogP contribution in [0.25, 0.3) is 0 Å². The van der Waals surface area contributed by atoms with Crippen LogP contribution >= 0.6 is 0 Å². The first-order chi connectivity index (χ1) is 9.97. The maximum absolute atomic E-state index is 12.3. The average molecular weight is 283 g/mol. The van der Waals surface area contributed by atoms with E-state index in [4.69, 9.17) is 5.73 Å². The second-order valence-electron chi connectivity index (χ2n) is 5.25. The molecule has 4 heteroatoms. The molecule has 0 radical (unpaired) electrons. The first-order valence-corrected chi connectivity index (χ1v) is 6.93. The van der Waals surface area contributed by atoms with Gasteiger partial charge in [0.1, 0.15) is 0 Å². The molecule has 2 rings (SSSR count). The fraction of sp³-hybridized carbons (Fsp3) is 0.235. The number of rotatable bonds is 3. The molecule has 3 N–H and O–H groups in total. The van der Waals surface area contributed by atoms with E-state index >= 15 is 0 Å². The van der Waals surface area contributed by atoms with Gasteiger partial charge in [0, 0.05) is 18.4 Å². The third-order valence-corrected chi connectivity index (χ3v) is 3.60. The van der Waals surface area contributed by atoms with Crippen molar-refractivity contribution in [1.29, 1.82) is 0 Å². The van der Waals surface area contributed by atoms with E-state index in [1.165, 1.54) is 0 Å². The molecule has 0 aliphatic heterocycles. The zero-order valence-electron chi connectivity index (χ0n) is 12.6. The number of hydrogen-bond donors (Lipinski definition) is 2. The van der Waals surface area contributed by atoms with Crippen molar-refractivity contribution < 1.29 is 4.79 Å². The fourth-order valence-electron chi connectivity index (χ4n) is 2.07. The third-order valence-electron chi connectivity index (χ3n) is 3.60. The summed E-state index contributed by atoms with van der Waals surface area (Å²) in [5.74, 6) is 0. The lowest BCUT2D eigenvalue weighted by Crippen LogP contribution is -2.33. The van der Waals surface area contributed by atoms with Gasteiger partial charge in [-0.1, -0.05) is 29.8 Å². The Bertz CT molecular complexity index is 622. The lowest BCUT2D eigenvalue weighted by molar-refractivity contribution is 0.208. The summed E-state index contributed by atoms with van der Waals surface area (Å²) >= 11 is 0. The van der Waals surface area contributed by atoms with Crippen molar-refractivity contribution in [1.82, 2.24) is 4.90 Å². The van der Waals surface area contributed by atoms with Crippen molar-refractivity contribution in [3.8, 4) is 0 Å². The molecule has 21 heavy (non-hydrogen) atoms. The smallest absolute Gasteiger partial charge is 0.322 e. The van der Waals surface area contributed by atoms with Crippen LogP contribution < -0.4 is 11.1 Å². The van der Waals surface area contributed by atoms with Crippen LogP contribution in [0.3, 0.4) is 0 Å². The zero-order valence-corrected chi connectivity index (χ0v) is 12.6. The monoisotopic (exact) mass is 283 g/mol. The Hall–Kier alpha value is -2.49. The van der Waals surface area contributed by atoms with Gasteiger partial charge in [-0.25, -0.2) is 4.79 Å². The van der Waals surface area contributed by atoms with E-state index in [0.717, 1.165) is 16.8 Å². The number of nitrogens with zero attached hydrogens (tertiary/aromatic N) is 1. The number of nitrogens with one attached hydrogen (secondary N) is 1. The van der Waals surface area contributed by atoms with Crippen LogP contribution in [-0.4, -0.2) is 18.0 Å². The third kappa shape index (κ3) is 3.75. The number of carbonyl (C=O) groups is 1. The highest BCUT2D eigenvalue weighted by Crippen LogP contribution is 2.21. The molecule has 110 valence electrons. The number of amides is 2. The van der Waals surface area contributed by atoms with E-state index < -0.39 is 0 Å². The molecule has 0 aromatic heterocycles. The van der Waals surface area contributed by atoms with Crippen molar-refractivity contribution in [2.45, 2.75) is 19.9 Å². The second-order valence-corrected chi connectivity index (χ2v) is 5.25. The standard InChI is InChI=1S/C17H21N3O/c1-12-7-9-16(10-8-12)19-17(21)20(3)13(2)14-5-4-6-15(18)11-14/h4-11,13H,18H2,1-3H3,(H,19,21). The number of carbonyl (C=O) groups excluding carboxylic acids is 1. The van der Waals surface area contributed by atoms with E-state index in [1.54, 1.807) is 11.9 Å². The van der Waals surface area contributed by atoms with Gasteiger partial charge in [-0.15, -0.1) is 0 Å². The molecule has 0 bridgehead atoms. The molecule has 2 aromatic rings. The molecule has 0 saturated heterocycles. The van der Waals surface area contributed by atoms with Crippen molar-refractivity contribution in [3.05, 3.63) is 59.7 Å². The molecular weight excluding hydrogens is 262 g/mol. The molecule has 0 fully saturated rings. The summed E-state index contributed by atoms with van der Waals surface area (Å²) in [5.41, 5.74) is 9.45. The minimum atomic E-state index is -0.145. The molecule has 4 nitrogen and oxygen atoms in total. The van der Waals surface area contributed by atoms with Crippen molar-refractivity contribution in [3.63, 3.8) is 0 Å². The Balaban J connectivity index is 2.06. The summed E-state index contributed by atoms with van der Waals surface area (Å²) in [6.07, 6.45) is 0. The molecule has 1 unspecified atom stereocenters. The molecule has 2 aromatic carbocycles. The number of anilines is 2. The summed E-state index contributed by atoms with van der Waals surface area (Å²) in [7, 11) is 1.78. The van der Waals surface area contributed by atoms with Gasteiger partial charge in [0.15, 0.2) is 0 Å². The number of nitrogen functional groups attached to an aromatic ring is 1. The molecule has 1 atom stereocenters. The van der Waals surface area contributed by atoms with Crippen molar-refractivity contribution in [2.24, 2.45) is 0 Å². The van der Waals surface area contributed by atoms with Gasteiger partial charge in [0.25, 0.3) is 0 Å². The highest BCUT2D eigenvalue weighted by molar-refractivity contribution is 5.89. The van der Waals surface area contributed by atoms with Crippen molar-refractivity contribution >= 4 is 17.4 Å². The Kier molecular flexibility index (Phi) is 4.48. The van der Waals surface area contributed by atoms with Crippen LogP contribution in [-0.2, 0) is 0 Å². The predicted octanol–water partition coefficient (Wildman–Crippen LogP) is 3.80. The molecule has 0 saturated carbocycles. The van der Waals surface area contributed by atoms with Gasteiger partial charge in [-0.2, -0.15) is 0 Å². The molecule has 2 amide bonds. The highest BCUT2D eigenvalue weighted by atomic mass is 16.2. The van der Waals surface area contributed by atoms with Gasteiger partial charge in [-0.3, -0.25) is 0 Å². The maximum Gasteiger partial charge on any atom is 0.322 e. The van der Waals surface area contributed by atoms with Crippen LogP contribution in [0.2, 0.25) is 0 Å². The number of benzene rings is 2. The largest absolute Gasteiger partial charge is 0.399 e. The van der Waals surface area contributed by atoms with Crippen LogP contribution in [0.4, 0.5) is 16.2 Å². The van der Waals surface area contributed by atoms with Gasteiger partial charge >= 0.3 is 6.03 Å². The average Bonchev–Trinajstić information content (AvgIpc) is 2.48. The topological polar surface area (TPSA) is 58.4 Å². The molecule has 0 heterocycles. The lowest BCUT2D eigenvalue weighted by atomic mass is 10.1. The van der Waals surface area contributed by atoms with Gasteiger partial charge in [0.05, 0.1) is 6.04 Å². The first-order valence-electron chi connectivity index (χ1n) is 6.93. The summed E-state index contributed by atoms with van der Waals surface area (Å²) in [6, 6.07) is 15.1. The molecular formula is C17H21N3O. The predicted molar refractivity (Wildman–Crippen MR) is 87.2 cm³/mol. The number of urea groups is 1. The highest BCUT2D eigenvalue weighted by Gasteiger charge is 2.17. The Labute approximate surface area is 125 Å². The lowest BCUT2D eigenvalue weighted by Gasteiger charge is -2.25. The summed E-state index contributed by atoms with van der Waals surface area (Å²) in [5, 5.41) is 2.89. The Morgan fingerprint density at radius 1 is 1.19 bits per heavy atom. The Morgan fingerprint density at radius 3 is 2.48 bits per heavy atom. The fourth-order valence-corrected chi connectivity index (χ4v) is 2.07. The van der Waals surface area contributed by atoms with Crippen LogP contribution in [0.1, 0.15) is 24.1 Å². The maximum atomic E-state index is 12.3. The van der Waals surface area contributed by atoms with Crippen LogP contribution in [0, 0.1) is 6.92 Å². The quantitative estimate of drug-likeness (QED) is 0.842. The van der Waals surface area contributed by atoms with E-state index in [-0.39, 0.29) is 12.1 Å². The van der Waals surface area contributed by atoms with E-state index in [1.807, 2.05) is 62.4 Å². The van der Waals surface area contributed by atoms with Crippen LogP contribution in [0.15, 0.2) is 48.5 Å². The van der Waals surface area contributed by atoms with Gasteiger partial charge < -0.3 is 16.0 Å². The first kappa shape index (κ1) is 14.9. The number of aryl methyl sites for hydroxylation is 1. The summed E-state index contributed by atoms with van der Waals surface area (Å²) in [4.78, 5) is 13.9. The SMILES string of the molecule is Cc1ccc(NC(=O)N(C)C(C)c2cccc(N)c2)cc1. The van der Waals surface area contributed by atoms with Gasteiger partial charge in [-0.05, 0) is 43.7 Å². The normalized spacial score (nSPS) is 11.8.